The minimum absolute atomic E-state index is 0.0792. The van der Waals surface area contributed by atoms with Gasteiger partial charge in [0.15, 0.2) is 11.6 Å². The van der Waals surface area contributed by atoms with E-state index in [4.69, 9.17) is 10.5 Å². The van der Waals surface area contributed by atoms with Gasteiger partial charge < -0.3 is 10.5 Å². The van der Waals surface area contributed by atoms with Gasteiger partial charge in [0, 0.05) is 6.04 Å². The first kappa shape index (κ1) is 11.0. The minimum atomic E-state index is -0.354. The Labute approximate surface area is 83.9 Å². The molecule has 78 valence electrons. The van der Waals surface area contributed by atoms with E-state index in [1.807, 2.05) is 13.8 Å². The first-order valence-corrected chi connectivity index (χ1v) is 4.65. The second kappa shape index (κ2) is 4.42. The lowest BCUT2D eigenvalue weighted by molar-refractivity contribution is 0.384. The maximum absolute atomic E-state index is 13.1. The van der Waals surface area contributed by atoms with Crippen LogP contribution in [0.4, 0.5) is 4.39 Å². The van der Waals surface area contributed by atoms with E-state index in [2.05, 4.69) is 0 Å². The van der Waals surface area contributed by atoms with E-state index in [0.29, 0.717) is 5.92 Å². The van der Waals surface area contributed by atoms with Gasteiger partial charge >= 0.3 is 0 Å². The molecule has 3 heteroatoms. The van der Waals surface area contributed by atoms with Crippen LogP contribution in [0.3, 0.4) is 0 Å². The number of rotatable bonds is 3. The van der Waals surface area contributed by atoms with Crippen LogP contribution in [-0.2, 0) is 0 Å². The van der Waals surface area contributed by atoms with Crippen LogP contribution in [0.2, 0.25) is 0 Å². The summed E-state index contributed by atoms with van der Waals surface area (Å²) in [6.07, 6.45) is 0. The monoisotopic (exact) mass is 197 g/mol. The van der Waals surface area contributed by atoms with Crippen molar-refractivity contribution in [3.05, 3.63) is 29.6 Å². The van der Waals surface area contributed by atoms with E-state index in [1.165, 1.54) is 13.2 Å². The normalized spacial score (nSPS) is 13.0. The molecule has 0 radical (unpaired) electrons. The third-order valence-corrected chi connectivity index (χ3v) is 2.28. The zero-order chi connectivity index (χ0) is 10.7. The Morgan fingerprint density at radius 2 is 2.00 bits per heavy atom. The van der Waals surface area contributed by atoms with E-state index in [-0.39, 0.29) is 17.6 Å². The smallest absolute Gasteiger partial charge is 0.165 e. The first-order valence-electron chi connectivity index (χ1n) is 4.65. The molecule has 1 rings (SSSR count). The standard InChI is InChI=1S/C11H16FNO/c1-7(2)11(13)8-4-5-9(12)10(6-8)14-3/h4-7,11H,13H2,1-3H3/t11-/m0/s1. The molecule has 0 saturated carbocycles. The molecule has 0 aromatic heterocycles. The van der Waals surface area contributed by atoms with Gasteiger partial charge in [0.1, 0.15) is 0 Å². The molecule has 0 amide bonds. The van der Waals surface area contributed by atoms with E-state index in [0.717, 1.165) is 5.56 Å². The molecule has 0 fully saturated rings. The van der Waals surface area contributed by atoms with Gasteiger partial charge in [-0.05, 0) is 23.6 Å². The van der Waals surface area contributed by atoms with E-state index in [9.17, 15) is 4.39 Å². The molecule has 0 unspecified atom stereocenters. The number of nitrogens with two attached hydrogens (primary N) is 1. The maximum atomic E-state index is 13.1. The van der Waals surface area contributed by atoms with Crippen LogP contribution in [0, 0.1) is 11.7 Å². The summed E-state index contributed by atoms with van der Waals surface area (Å²) in [5.41, 5.74) is 6.83. The molecular weight excluding hydrogens is 181 g/mol. The molecule has 1 aromatic rings. The van der Waals surface area contributed by atoms with Crippen molar-refractivity contribution in [1.29, 1.82) is 0 Å². The van der Waals surface area contributed by atoms with Crippen LogP contribution in [-0.4, -0.2) is 7.11 Å². The van der Waals surface area contributed by atoms with Gasteiger partial charge in [0.25, 0.3) is 0 Å². The van der Waals surface area contributed by atoms with Gasteiger partial charge in [0.2, 0.25) is 0 Å². The summed E-state index contributed by atoms with van der Waals surface area (Å²) in [6, 6.07) is 4.66. The molecule has 1 aromatic carbocycles. The topological polar surface area (TPSA) is 35.2 Å². The Bertz CT molecular complexity index is 312. The third-order valence-electron chi connectivity index (χ3n) is 2.28. The molecule has 0 aliphatic rings. The summed E-state index contributed by atoms with van der Waals surface area (Å²) in [5.74, 6) is 0.218. The lowest BCUT2D eigenvalue weighted by Crippen LogP contribution is -2.16. The van der Waals surface area contributed by atoms with Crippen molar-refractivity contribution in [2.75, 3.05) is 7.11 Å². The van der Waals surface area contributed by atoms with Crippen LogP contribution >= 0.6 is 0 Å². The van der Waals surface area contributed by atoms with Gasteiger partial charge in [0.05, 0.1) is 7.11 Å². The quantitative estimate of drug-likeness (QED) is 0.808. The molecule has 0 bridgehead atoms. The summed E-state index contributed by atoms with van der Waals surface area (Å²) >= 11 is 0. The first-order chi connectivity index (χ1) is 6.56. The maximum Gasteiger partial charge on any atom is 0.165 e. The average Bonchev–Trinajstić information content (AvgIpc) is 2.17. The van der Waals surface area contributed by atoms with Gasteiger partial charge in [-0.2, -0.15) is 0 Å². The predicted octanol–water partition coefficient (Wildman–Crippen LogP) is 2.49. The van der Waals surface area contributed by atoms with Crippen molar-refractivity contribution in [2.45, 2.75) is 19.9 Å². The molecule has 2 N–H and O–H groups in total. The molecule has 14 heavy (non-hydrogen) atoms. The second-order valence-electron chi connectivity index (χ2n) is 3.66. The van der Waals surface area contributed by atoms with Crippen molar-refractivity contribution in [3.63, 3.8) is 0 Å². The fourth-order valence-electron chi connectivity index (χ4n) is 1.27. The predicted molar refractivity (Wildman–Crippen MR) is 54.7 cm³/mol. The SMILES string of the molecule is COc1cc([C@@H](N)C(C)C)ccc1F. The summed E-state index contributed by atoms with van der Waals surface area (Å²) in [5, 5.41) is 0. The van der Waals surface area contributed by atoms with Crippen molar-refractivity contribution >= 4 is 0 Å². The Morgan fingerprint density at radius 1 is 1.36 bits per heavy atom. The van der Waals surface area contributed by atoms with Gasteiger partial charge in [-0.3, -0.25) is 0 Å². The highest BCUT2D eigenvalue weighted by Gasteiger charge is 2.12. The lowest BCUT2D eigenvalue weighted by Gasteiger charge is -2.16. The highest BCUT2D eigenvalue weighted by molar-refractivity contribution is 5.32. The highest BCUT2D eigenvalue weighted by atomic mass is 19.1. The Hall–Kier alpha value is -1.09. The second-order valence-corrected chi connectivity index (χ2v) is 3.66. The van der Waals surface area contributed by atoms with Crippen molar-refractivity contribution in [3.8, 4) is 5.75 Å². The molecule has 0 aliphatic carbocycles. The van der Waals surface area contributed by atoms with E-state index in [1.54, 1.807) is 12.1 Å². The molecule has 0 heterocycles. The van der Waals surface area contributed by atoms with E-state index < -0.39 is 0 Å². The lowest BCUT2D eigenvalue weighted by atomic mass is 9.97. The van der Waals surface area contributed by atoms with Crippen LogP contribution in [0.5, 0.6) is 5.75 Å². The fraction of sp³-hybridized carbons (Fsp3) is 0.455. The van der Waals surface area contributed by atoms with Crippen molar-refractivity contribution in [1.82, 2.24) is 0 Å². The molecule has 0 saturated heterocycles. The zero-order valence-corrected chi connectivity index (χ0v) is 8.75. The van der Waals surface area contributed by atoms with Crippen molar-refractivity contribution < 1.29 is 9.13 Å². The summed E-state index contributed by atoms with van der Waals surface area (Å²) in [7, 11) is 1.45. The molecule has 2 nitrogen and oxygen atoms in total. The van der Waals surface area contributed by atoms with Gasteiger partial charge in [-0.25, -0.2) is 4.39 Å². The number of ether oxygens (including phenoxy) is 1. The zero-order valence-electron chi connectivity index (χ0n) is 8.75. The highest BCUT2D eigenvalue weighted by Crippen LogP contribution is 2.24. The van der Waals surface area contributed by atoms with Crippen LogP contribution in [0.15, 0.2) is 18.2 Å². The third kappa shape index (κ3) is 2.23. The van der Waals surface area contributed by atoms with E-state index >= 15 is 0 Å². The number of hydrogen-bond acceptors (Lipinski definition) is 2. The van der Waals surface area contributed by atoms with Gasteiger partial charge in [-0.1, -0.05) is 19.9 Å². The summed E-state index contributed by atoms with van der Waals surface area (Å²) in [4.78, 5) is 0. The van der Waals surface area contributed by atoms with Gasteiger partial charge in [-0.15, -0.1) is 0 Å². The molecular formula is C11H16FNO. The fourth-order valence-corrected chi connectivity index (χ4v) is 1.27. The number of halogens is 1. The number of methoxy groups -OCH3 is 1. The van der Waals surface area contributed by atoms with Crippen LogP contribution in [0.1, 0.15) is 25.5 Å². The average molecular weight is 197 g/mol. The Balaban J connectivity index is 3.00. The molecule has 1 atom stereocenters. The molecule has 0 spiro atoms. The summed E-state index contributed by atoms with van der Waals surface area (Å²) < 4.78 is 18.0. The summed E-state index contributed by atoms with van der Waals surface area (Å²) in [6.45, 7) is 4.06. The number of hydrogen-bond donors (Lipinski definition) is 1. The van der Waals surface area contributed by atoms with Crippen molar-refractivity contribution in [2.24, 2.45) is 11.7 Å². The largest absolute Gasteiger partial charge is 0.494 e. The Kier molecular flexibility index (Phi) is 3.47. The minimum Gasteiger partial charge on any atom is -0.494 e. The number of benzene rings is 1. The van der Waals surface area contributed by atoms with Crippen LogP contribution < -0.4 is 10.5 Å². The Morgan fingerprint density at radius 3 is 2.50 bits per heavy atom. The molecule has 0 aliphatic heterocycles. The van der Waals surface area contributed by atoms with Crippen LogP contribution in [0.25, 0.3) is 0 Å².